The predicted octanol–water partition coefficient (Wildman–Crippen LogP) is 2.56. The fourth-order valence-electron chi connectivity index (χ4n) is 2.95. The maximum atomic E-state index is 12.2. The number of carbonyl (C=O) groups is 2. The predicted molar refractivity (Wildman–Crippen MR) is 111 cm³/mol. The van der Waals surface area contributed by atoms with E-state index in [2.05, 4.69) is 31.8 Å². The monoisotopic (exact) mass is 461 g/mol. The molecule has 8 nitrogen and oxygen atoms in total. The number of rotatable bonds is 7. The van der Waals surface area contributed by atoms with Crippen molar-refractivity contribution in [1.29, 1.82) is 0 Å². The van der Waals surface area contributed by atoms with E-state index >= 15 is 0 Å². The molecule has 0 saturated heterocycles. The first-order valence-electron chi connectivity index (χ1n) is 8.75. The number of nitrogens with zero attached hydrogens (tertiary/aromatic N) is 1. The molecular formula is C20H20BrN3O5. The van der Waals surface area contributed by atoms with Crippen molar-refractivity contribution < 1.29 is 24.2 Å². The Labute approximate surface area is 176 Å². The van der Waals surface area contributed by atoms with Crippen molar-refractivity contribution in [3.63, 3.8) is 0 Å². The smallest absolute Gasteiger partial charge is 0.277 e. The molecule has 1 heterocycles. The first-order chi connectivity index (χ1) is 13.8. The number of aliphatic hydroxyl groups is 1. The van der Waals surface area contributed by atoms with Gasteiger partial charge in [0.2, 0.25) is 0 Å². The van der Waals surface area contributed by atoms with Gasteiger partial charge in [-0.15, -0.1) is 0 Å². The van der Waals surface area contributed by atoms with Gasteiger partial charge in [0.25, 0.3) is 11.8 Å². The van der Waals surface area contributed by atoms with Gasteiger partial charge in [0, 0.05) is 23.4 Å². The lowest BCUT2D eigenvalue weighted by molar-refractivity contribution is -0.132. The average Bonchev–Trinajstić information content (AvgIpc) is 2.95. The molecule has 0 aromatic heterocycles. The molecule has 0 saturated carbocycles. The highest BCUT2D eigenvalue weighted by atomic mass is 79.9. The highest BCUT2D eigenvalue weighted by Gasteiger charge is 2.45. The van der Waals surface area contributed by atoms with Crippen LogP contribution in [0, 0.1) is 0 Å². The SMILES string of the molecule is COc1ccc(OCC(=O)N/N=C(/C)C[C@]2(O)C(=O)Nc3ccccc32)c(Br)c1. The number of hydrogen-bond acceptors (Lipinski definition) is 6. The zero-order chi connectivity index (χ0) is 21.0. The maximum Gasteiger partial charge on any atom is 0.277 e. The summed E-state index contributed by atoms with van der Waals surface area (Å²) in [7, 11) is 1.56. The zero-order valence-electron chi connectivity index (χ0n) is 15.9. The van der Waals surface area contributed by atoms with E-state index in [9.17, 15) is 14.7 Å². The van der Waals surface area contributed by atoms with Gasteiger partial charge in [-0.25, -0.2) is 5.43 Å². The number of amides is 2. The van der Waals surface area contributed by atoms with Gasteiger partial charge in [-0.1, -0.05) is 18.2 Å². The van der Waals surface area contributed by atoms with Crippen molar-refractivity contribution in [1.82, 2.24) is 5.43 Å². The average molecular weight is 462 g/mol. The van der Waals surface area contributed by atoms with E-state index in [0.717, 1.165) is 0 Å². The number of nitrogens with one attached hydrogen (secondary N) is 2. The Morgan fingerprint density at radius 1 is 1.31 bits per heavy atom. The fraction of sp³-hybridized carbons (Fsp3) is 0.250. The first kappa shape index (κ1) is 20.8. The summed E-state index contributed by atoms with van der Waals surface area (Å²) in [5.74, 6) is 0.141. The molecule has 1 aliphatic rings. The van der Waals surface area contributed by atoms with Crippen molar-refractivity contribution in [2.75, 3.05) is 19.0 Å². The molecule has 1 atom stereocenters. The molecule has 9 heteroatoms. The normalized spacial score (nSPS) is 18.1. The summed E-state index contributed by atoms with van der Waals surface area (Å²) in [5, 5.41) is 17.4. The van der Waals surface area contributed by atoms with Crippen LogP contribution in [0.4, 0.5) is 5.69 Å². The van der Waals surface area contributed by atoms with Gasteiger partial charge in [-0.3, -0.25) is 9.59 Å². The molecule has 3 N–H and O–H groups in total. The van der Waals surface area contributed by atoms with Crippen LogP contribution in [0.5, 0.6) is 11.5 Å². The number of ether oxygens (including phenoxy) is 2. The molecule has 1 aliphatic heterocycles. The molecule has 0 unspecified atom stereocenters. The van der Waals surface area contributed by atoms with Crippen molar-refractivity contribution in [2.24, 2.45) is 5.10 Å². The molecule has 0 radical (unpaired) electrons. The Kier molecular flexibility index (Phi) is 6.19. The Bertz CT molecular complexity index is 978. The van der Waals surface area contributed by atoms with Crippen LogP contribution in [-0.2, 0) is 15.2 Å². The third-order valence-corrected chi connectivity index (χ3v) is 5.00. The number of methoxy groups -OCH3 is 1. The molecule has 0 spiro atoms. The molecule has 2 aromatic rings. The molecule has 2 aromatic carbocycles. The summed E-state index contributed by atoms with van der Waals surface area (Å²) in [6.45, 7) is 1.36. The number of fused-ring (bicyclic) bond motifs is 1. The van der Waals surface area contributed by atoms with Crippen LogP contribution in [0.25, 0.3) is 0 Å². The van der Waals surface area contributed by atoms with Gasteiger partial charge in [0.05, 0.1) is 11.6 Å². The standard InChI is InChI=1S/C20H20BrN3O5/c1-12(10-20(27)14-5-3-4-6-16(14)22-19(20)26)23-24-18(25)11-29-17-8-7-13(28-2)9-15(17)21/h3-9,27H,10-11H2,1-2H3,(H,22,26)(H,24,25)/b23-12-/t20-/m1/s1. The topological polar surface area (TPSA) is 109 Å². The summed E-state index contributed by atoms with van der Waals surface area (Å²) < 4.78 is 11.2. The lowest BCUT2D eigenvalue weighted by Crippen LogP contribution is -2.36. The highest BCUT2D eigenvalue weighted by Crippen LogP contribution is 2.38. The minimum absolute atomic E-state index is 0.0546. The van der Waals surface area contributed by atoms with Crippen LogP contribution in [0.2, 0.25) is 0 Å². The van der Waals surface area contributed by atoms with E-state index < -0.39 is 17.4 Å². The van der Waals surface area contributed by atoms with E-state index in [0.29, 0.717) is 32.9 Å². The molecule has 0 aliphatic carbocycles. The van der Waals surface area contributed by atoms with Gasteiger partial charge < -0.3 is 19.9 Å². The number of para-hydroxylation sites is 1. The number of hydrogen-bond donors (Lipinski definition) is 3. The zero-order valence-corrected chi connectivity index (χ0v) is 17.4. The molecule has 3 rings (SSSR count). The molecule has 0 fully saturated rings. The number of hydrazone groups is 1. The van der Waals surface area contributed by atoms with Crippen molar-refractivity contribution >= 4 is 39.1 Å². The molecule has 0 bridgehead atoms. The van der Waals surface area contributed by atoms with Gasteiger partial charge in [0.1, 0.15) is 11.5 Å². The molecule has 152 valence electrons. The third-order valence-electron chi connectivity index (χ3n) is 4.38. The van der Waals surface area contributed by atoms with Gasteiger partial charge >= 0.3 is 0 Å². The van der Waals surface area contributed by atoms with E-state index in [1.165, 1.54) is 0 Å². The van der Waals surface area contributed by atoms with Crippen LogP contribution in [0.3, 0.4) is 0 Å². The molecule has 29 heavy (non-hydrogen) atoms. The van der Waals surface area contributed by atoms with Crippen LogP contribution in [-0.4, -0.2) is 36.3 Å². The summed E-state index contributed by atoms with van der Waals surface area (Å²) in [4.78, 5) is 24.2. The highest BCUT2D eigenvalue weighted by molar-refractivity contribution is 9.10. The number of benzene rings is 2. The van der Waals surface area contributed by atoms with E-state index in [-0.39, 0.29) is 13.0 Å². The summed E-state index contributed by atoms with van der Waals surface area (Å²) >= 11 is 3.34. The minimum Gasteiger partial charge on any atom is -0.497 e. The van der Waals surface area contributed by atoms with Gasteiger partial charge in [0.15, 0.2) is 12.2 Å². The maximum absolute atomic E-state index is 12.2. The van der Waals surface area contributed by atoms with Gasteiger partial charge in [-0.2, -0.15) is 5.10 Å². The Morgan fingerprint density at radius 3 is 2.79 bits per heavy atom. The summed E-state index contributed by atoms with van der Waals surface area (Å²) in [5.41, 5.74) is 2.08. The van der Waals surface area contributed by atoms with E-state index in [4.69, 9.17) is 9.47 Å². The van der Waals surface area contributed by atoms with Crippen LogP contribution in [0.1, 0.15) is 18.9 Å². The minimum atomic E-state index is -1.72. The fourth-order valence-corrected chi connectivity index (χ4v) is 3.42. The Balaban J connectivity index is 1.57. The van der Waals surface area contributed by atoms with Crippen molar-refractivity contribution in [2.45, 2.75) is 18.9 Å². The van der Waals surface area contributed by atoms with Crippen LogP contribution in [0.15, 0.2) is 52.0 Å². The second-order valence-electron chi connectivity index (χ2n) is 6.50. The lowest BCUT2D eigenvalue weighted by Gasteiger charge is -2.20. The van der Waals surface area contributed by atoms with Gasteiger partial charge in [-0.05, 0) is 47.1 Å². The number of halogens is 1. The second kappa shape index (κ2) is 8.62. The molecular weight excluding hydrogens is 442 g/mol. The van der Waals surface area contributed by atoms with Crippen LogP contribution < -0.4 is 20.2 Å². The molecule has 2 amide bonds. The number of anilines is 1. The quantitative estimate of drug-likeness (QED) is 0.433. The Hall–Kier alpha value is -2.91. The van der Waals surface area contributed by atoms with Crippen molar-refractivity contribution in [3.05, 3.63) is 52.5 Å². The summed E-state index contributed by atoms with van der Waals surface area (Å²) in [6, 6.07) is 12.0. The summed E-state index contributed by atoms with van der Waals surface area (Å²) in [6.07, 6.45) is -0.0546. The second-order valence-corrected chi connectivity index (χ2v) is 7.36. The van der Waals surface area contributed by atoms with Crippen LogP contribution >= 0.6 is 15.9 Å². The lowest BCUT2D eigenvalue weighted by atomic mass is 9.90. The first-order valence-corrected chi connectivity index (χ1v) is 9.54. The number of carbonyl (C=O) groups excluding carboxylic acids is 2. The Morgan fingerprint density at radius 2 is 2.07 bits per heavy atom. The van der Waals surface area contributed by atoms with E-state index in [1.54, 1.807) is 56.5 Å². The van der Waals surface area contributed by atoms with Crippen molar-refractivity contribution in [3.8, 4) is 11.5 Å². The van der Waals surface area contributed by atoms with E-state index in [1.807, 2.05) is 0 Å². The third kappa shape index (κ3) is 4.57. The largest absolute Gasteiger partial charge is 0.497 e.